The summed E-state index contributed by atoms with van der Waals surface area (Å²) in [6.07, 6.45) is 2.97. The summed E-state index contributed by atoms with van der Waals surface area (Å²) in [7, 11) is 0. The van der Waals surface area contributed by atoms with Crippen LogP contribution in [0.15, 0.2) is 35.5 Å². The SMILES string of the molecule is C=C1C(=O)OC2C=C(C)CCC=C(C=O)C(OCC)C(OC(=O)C3(C)OC3C)C12. The fourth-order valence-electron chi connectivity index (χ4n) is 3.86. The van der Waals surface area contributed by atoms with E-state index >= 15 is 0 Å². The average Bonchev–Trinajstić information content (AvgIpc) is 3.20. The number of carbonyl (C=O) groups excluding carboxylic acids is 3. The highest BCUT2D eigenvalue weighted by Gasteiger charge is 2.59. The summed E-state index contributed by atoms with van der Waals surface area (Å²) in [5.41, 5.74) is 0.529. The molecule has 7 heteroatoms. The molecule has 0 aromatic carbocycles. The first-order valence-corrected chi connectivity index (χ1v) is 9.95. The molecule has 6 atom stereocenters. The quantitative estimate of drug-likeness (QED) is 0.228. The predicted molar refractivity (Wildman–Crippen MR) is 104 cm³/mol. The van der Waals surface area contributed by atoms with Gasteiger partial charge in [0.15, 0.2) is 5.60 Å². The maximum Gasteiger partial charge on any atom is 0.341 e. The molecule has 0 saturated carbocycles. The number of epoxide rings is 1. The second-order valence-electron chi connectivity index (χ2n) is 7.91. The molecule has 0 aromatic rings. The molecule has 0 bridgehead atoms. The van der Waals surface area contributed by atoms with E-state index in [1.54, 1.807) is 26.8 Å². The molecule has 3 aliphatic rings. The molecular formula is C22H28O7. The Morgan fingerprint density at radius 2 is 2.14 bits per heavy atom. The van der Waals surface area contributed by atoms with Gasteiger partial charge in [-0.2, -0.15) is 0 Å². The van der Waals surface area contributed by atoms with E-state index < -0.39 is 41.8 Å². The molecule has 2 fully saturated rings. The summed E-state index contributed by atoms with van der Waals surface area (Å²) >= 11 is 0. The molecule has 158 valence electrons. The Balaban J connectivity index is 2.06. The molecule has 2 saturated heterocycles. The third kappa shape index (κ3) is 4.07. The van der Waals surface area contributed by atoms with Crippen LogP contribution in [0.2, 0.25) is 0 Å². The summed E-state index contributed by atoms with van der Waals surface area (Å²) in [4.78, 5) is 37.0. The van der Waals surface area contributed by atoms with Gasteiger partial charge in [-0.3, -0.25) is 4.79 Å². The Morgan fingerprint density at radius 3 is 2.72 bits per heavy atom. The lowest BCUT2D eigenvalue weighted by atomic mass is 9.83. The Labute approximate surface area is 170 Å². The number of hydrogen-bond donors (Lipinski definition) is 0. The average molecular weight is 404 g/mol. The van der Waals surface area contributed by atoms with Gasteiger partial charge in [0.05, 0.1) is 12.0 Å². The van der Waals surface area contributed by atoms with Crippen LogP contribution < -0.4 is 0 Å². The van der Waals surface area contributed by atoms with Crippen molar-refractivity contribution in [3.05, 3.63) is 35.5 Å². The fourth-order valence-corrected chi connectivity index (χ4v) is 3.86. The van der Waals surface area contributed by atoms with Crippen molar-refractivity contribution in [2.45, 2.75) is 70.6 Å². The summed E-state index contributed by atoms with van der Waals surface area (Å²) in [5, 5.41) is 0. The predicted octanol–water partition coefficient (Wildman–Crippen LogP) is 2.44. The number of carbonyl (C=O) groups is 3. The largest absolute Gasteiger partial charge is 0.456 e. The zero-order valence-corrected chi connectivity index (χ0v) is 17.3. The second-order valence-corrected chi connectivity index (χ2v) is 7.91. The van der Waals surface area contributed by atoms with Crippen molar-refractivity contribution in [2.24, 2.45) is 5.92 Å². The first-order valence-electron chi connectivity index (χ1n) is 9.95. The third-order valence-corrected chi connectivity index (χ3v) is 5.88. The molecule has 0 amide bonds. The summed E-state index contributed by atoms with van der Waals surface area (Å²) < 4.78 is 22.6. The Kier molecular flexibility index (Phi) is 6.10. The number of rotatable bonds is 5. The molecular weight excluding hydrogens is 376 g/mol. The van der Waals surface area contributed by atoms with Crippen molar-refractivity contribution < 1.29 is 33.3 Å². The number of fused-ring (bicyclic) bond motifs is 1. The van der Waals surface area contributed by atoms with Gasteiger partial charge in [-0.15, -0.1) is 0 Å². The van der Waals surface area contributed by atoms with Gasteiger partial charge in [0.2, 0.25) is 0 Å². The van der Waals surface area contributed by atoms with Crippen molar-refractivity contribution in [2.75, 3.05) is 6.61 Å². The summed E-state index contributed by atoms with van der Waals surface area (Å²) in [5.74, 6) is -1.77. The lowest BCUT2D eigenvalue weighted by Gasteiger charge is -2.33. The molecule has 29 heavy (non-hydrogen) atoms. The van der Waals surface area contributed by atoms with Crippen molar-refractivity contribution in [3.63, 3.8) is 0 Å². The highest BCUT2D eigenvalue weighted by atomic mass is 16.7. The first kappa shape index (κ1) is 21.5. The smallest absolute Gasteiger partial charge is 0.341 e. The van der Waals surface area contributed by atoms with Gasteiger partial charge in [0.25, 0.3) is 0 Å². The summed E-state index contributed by atoms with van der Waals surface area (Å²) in [6.45, 7) is 11.3. The number of ether oxygens (including phenoxy) is 4. The van der Waals surface area contributed by atoms with Gasteiger partial charge in [-0.25, -0.2) is 9.59 Å². The molecule has 2 aliphatic heterocycles. The second kappa shape index (κ2) is 8.24. The molecule has 0 aromatic heterocycles. The van der Waals surface area contributed by atoms with Gasteiger partial charge in [0, 0.05) is 17.8 Å². The van der Waals surface area contributed by atoms with Gasteiger partial charge in [-0.05, 0) is 46.6 Å². The lowest BCUT2D eigenvalue weighted by Crippen LogP contribution is -2.46. The number of hydrogen-bond acceptors (Lipinski definition) is 7. The topological polar surface area (TPSA) is 91.4 Å². The van der Waals surface area contributed by atoms with E-state index in [0.717, 1.165) is 11.9 Å². The van der Waals surface area contributed by atoms with Crippen LogP contribution in [0, 0.1) is 5.92 Å². The van der Waals surface area contributed by atoms with E-state index in [1.807, 2.05) is 13.0 Å². The van der Waals surface area contributed by atoms with E-state index in [4.69, 9.17) is 18.9 Å². The van der Waals surface area contributed by atoms with E-state index in [9.17, 15) is 14.4 Å². The van der Waals surface area contributed by atoms with Crippen LogP contribution in [-0.4, -0.2) is 54.8 Å². The van der Waals surface area contributed by atoms with Crippen LogP contribution in [0.5, 0.6) is 0 Å². The maximum absolute atomic E-state index is 12.9. The first-order chi connectivity index (χ1) is 13.7. The van der Waals surface area contributed by atoms with Gasteiger partial charge in [-0.1, -0.05) is 18.2 Å². The highest BCUT2D eigenvalue weighted by Crippen LogP contribution is 2.41. The maximum atomic E-state index is 12.9. The zero-order valence-electron chi connectivity index (χ0n) is 17.3. The van der Waals surface area contributed by atoms with Crippen molar-refractivity contribution in [3.8, 4) is 0 Å². The molecule has 0 radical (unpaired) electrons. The van der Waals surface area contributed by atoms with Crippen LogP contribution in [0.3, 0.4) is 0 Å². The summed E-state index contributed by atoms with van der Waals surface area (Å²) in [6, 6.07) is 0. The van der Waals surface area contributed by atoms with Crippen LogP contribution in [0.4, 0.5) is 0 Å². The minimum absolute atomic E-state index is 0.197. The van der Waals surface area contributed by atoms with Crippen molar-refractivity contribution in [1.29, 1.82) is 0 Å². The van der Waals surface area contributed by atoms with Gasteiger partial charge >= 0.3 is 11.9 Å². The molecule has 3 rings (SSSR count). The van der Waals surface area contributed by atoms with E-state index in [2.05, 4.69) is 6.58 Å². The van der Waals surface area contributed by atoms with E-state index in [-0.39, 0.29) is 11.7 Å². The number of allylic oxidation sites excluding steroid dienone is 2. The lowest BCUT2D eigenvalue weighted by molar-refractivity contribution is -0.166. The van der Waals surface area contributed by atoms with Crippen LogP contribution >= 0.6 is 0 Å². The molecule has 7 nitrogen and oxygen atoms in total. The Morgan fingerprint density at radius 1 is 1.45 bits per heavy atom. The number of aldehydes is 1. The molecule has 0 spiro atoms. The fraction of sp³-hybridized carbons (Fsp3) is 0.591. The Hall–Kier alpha value is -2.25. The molecule has 1 aliphatic carbocycles. The molecule has 0 N–H and O–H groups in total. The normalized spacial score (nSPS) is 37.0. The van der Waals surface area contributed by atoms with Crippen LogP contribution in [0.1, 0.15) is 40.5 Å². The zero-order chi connectivity index (χ0) is 21.3. The highest BCUT2D eigenvalue weighted by molar-refractivity contribution is 5.91. The van der Waals surface area contributed by atoms with E-state index in [1.165, 1.54) is 0 Å². The van der Waals surface area contributed by atoms with Crippen LogP contribution in [0.25, 0.3) is 0 Å². The molecule has 6 unspecified atom stereocenters. The van der Waals surface area contributed by atoms with Crippen molar-refractivity contribution >= 4 is 18.2 Å². The van der Waals surface area contributed by atoms with Crippen molar-refractivity contribution in [1.82, 2.24) is 0 Å². The van der Waals surface area contributed by atoms with E-state index in [0.29, 0.717) is 25.0 Å². The molecule has 2 heterocycles. The standard InChI is InChI=1S/C22H28O7/c1-6-26-18-15(11-23)9-7-8-12(2)10-16-17(13(3)20(24)27-16)19(18)28-21(25)22(5)14(4)29-22/h9-11,14,16-19H,3,6-8H2,1-2,4-5H3. The van der Waals surface area contributed by atoms with Gasteiger partial charge < -0.3 is 18.9 Å². The minimum atomic E-state index is -1.05. The Bertz CT molecular complexity index is 780. The monoisotopic (exact) mass is 404 g/mol. The minimum Gasteiger partial charge on any atom is -0.456 e. The number of esters is 2. The third-order valence-electron chi connectivity index (χ3n) is 5.88. The van der Waals surface area contributed by atoms with Gasteiger partial charge in [0.1, 0.15) is 24.6 Å². The van der Waals surface area contributed by atoms with Crippen LogP contribution in [-0.2, 0) is 33.3 Å².